The molecule has 3 N–H and O–H groups in total. The molecule has 0 spiro atoms. The summed E-state index contributed by atoms with van der Waals surface area (Å²) in [6, 6.07) is 12.8. The van der Waals surface area contributed by atoms with E-state index in [2.05, 4.69) is 24.5 Å². The van der Waals surface area contributed by atoms with E-state index in [0.29, 0.717) is 17.4 Å². The highest BCUT2D eigenvalue weighted by atomic mass is 32.1. The first-order chi connectivity index (χ1) is 12.4. The summed E-state index contributed by atoms with van der Waals surface area (Å²) in [7, 11) is 0. The second-order valence-corrected chi connectivity index (χ2v) is 6.60. The molecule has 26 heavy (non-hydrogen) atoms. The average Bonchev–Trinajstić information content (AvgIpc) is 2.61. The van der Waals surface area contributed by atoms with Gasteiger partial charge in [-0.05, 0) is 66.9 Å². The number of hydrogen-bond donors (Lipinski definition) is 3. The molecule has 2 aromatic carbocycles. The van der Waals surface area contributed by atoms with Crippen molar-refractivity contribution in [1.29, 1.82) is 0 Å². The third-order valence-corrected chi connectivity index (χ3v) is 4.27. The van der Waals surface area contributed by atoms with E-state index in [4.69, 9.17) is 17.0 Å². The molecule has 5 nitrogen and oxygen atoms in total. The molecular weight excluding hydrogens is 348 g/mol. The molecule has 0 aliphatic rings. The largest absolute Gasteiger partial charge is 0.506 e. The molecule has 1 amide bonds. The van der Waals surface area contributed by atoms with Crippen molar-refractivity contribution in [2.75, 3.05) is 11.9 Å². The van der Waals surface area contributed by atoms with Gasteiger partial charge in [0.05, 0.1) is 5.69 Å². The van der Waals surface area contributed by atoms with Crippen LogP contribution in [0.25, 0.3) is 0 Å². The zero-order chi connectivity index (χ0) is 19.1. The predicted molar refractivity (Wildman–Crippen MR) is 108 cm³/mol. The second-order valence-electron chi connectivity index (χ2n) is 6.19. The number of thiocarbonyl (C=S) groups is 1. The van der Waals surface area contributed by atoms with Crippen molar-refractivity contribution in [1.82, 2.24) is 5.32 Å². The maximum absolute atomic E-state index is 12.0. The summed E-state index contributed by atoms with van der Waals surface area (Å²) in [6.45, 7) is 6.01. The number of amides is 1. The van der Waals surface area contributed by atoms with Crippen LogP contribution in [0.2, 0.25) is 0 Å². The fourth-order valence-electron chi connectivity index (χ4n) is 2.37. The van der Waals surface area contributed by atoms with Crippen molar-refractivity contribution in [3.8, 4) is 11.5 Å². The van der Waals surface area contributed by atoms with E-state index in [0.717, 1.165) is 17.5 Å². The zero-order valence-corrected chi connectivity index (χ0v) is 16.0. The Hall–Kier alpha value is -2.60. The van der Waals surface area contributed by atoms with Crippen molar-refractivity contribution in [3.05, 3.63) is 53.6 Å². The molecule has 0 saturated carbocycles. The van der Waals surface area contributed by atoms with Crippen molar-refractivity contribution in [2.45, 2.75) is 33.1 Å². The molecule has 0 radical (unpaired) electrons. The maximum atomic E-state index is 12.0. The van der Waals surface area contributed by atoms with Crippen LogP contribution in [0.15, 0.2) is 42.5 Å². The van der Waals surface area contributed by atoms with E-state index in [9.17, 15) is 9.90 Å². The Bertz CT molecular complexity index is 792. The second kappa shape index (κ2) is 9.20. The number of phenolic OH excluding ortho intramolecular Hbond substituents is 1. The van der Waals surface area contributed by atoms with Crippen LogP contribution in [0, 0.1) is 6.92 Å². The number of aryl methyl sites for hydroxylation is 1. The average molecular weight is 372 g/mol. The molecule has 138 valence electrons. The molecule has 1 atom stereocenters. The standard InChI is InChI=1S/C20H24N2O3S/c1-4-14(3)15-8-9-18(23)17(11-15)21-20(26)22-19(24)12-25-16-7-5-6-13(2)10-16/h5-11,14,23H,4,12H2,1-3H3,(H2,21,22,24,26). The van der Waals surface area contributed by atoms with Crippen LogP contribution < -0.4 is 15.4 Å². The van der Waals surface area contributed by atoms with Gasteiger partial charge in [0, 0.05) is 0 Å². The molecule has 0 aliphatic carbocycles. The van der Waals surface area contributed by atoms with Crippen LogP contribution >= 0.6 is 12.2 Å². The zero-order valence-electron chi connectivity index (χ0n) is 15.2. The molecule has 1 unspecified atom stereocenters. The van der Waals surface area contributed by atoms with Gasteiger partial charge in [0.15, 0.2) is 11.7 Å². The van der Waals surface area contributed by atoms with Crippen molar-refractivity contribution in [2.24, 2.45) is 0 Å². The SMILES string of the molecule is CCC(C)c1ccc(O)c(NC(=S)NC(=O)COc2cccc(C)c2)c1. The minimum atomic E-state index is -0.374. The normalized spacial score (nSPS) is 11.5. The Morgan fingerprint density at radius 1 is 1.27 bits per heavy atom. The summed E-state index contributed by atoms with van der Waals surface area (Å²) in [5.74, 6) is 0.686. The van der Waals surface area contributed by atoms with Crippen LogP contribution in [0.4, 0.5) is 5.69 Å². The number of benzene rings is 2. The fourth-order valence-corrected chi connectivity index (χ4v) is 2.59. The Kier molecular flexibility index (Phi) is 6.97. The summed E-state index contributed by atoms with van der Waals surface area (Å²) in [4.78, 5) is 12.0. The van der Waals surface area contributed by atoms with Gasteiger partial charge in [0.2, 0.25) is 0 Å². The first kappa shape index (κ1) is 19.7. The minimum Gasteiger partial charge on any atom is -0.506 e. The third-order valence-electron chi connectivity index (χ3n) is 4.06. The lowest BCUT2D eigenvalue weighted by Gasteiger charge is -2.15. The van der Waals surface area contributed by atoms with Gasteiger partial charge < -0.3 is 15.2 Å². The predicted octanol–water partition coefficient (Wildman–Crippen LogP) is 4.11. The Labute approximate surface area is 159 Å². The number of anilines is 1. The summed E-state index contributed by atoms with van der Waals surface area (Å²) in [6.07, 6.45) is 0.988. The van der Waals surface area contributed by atoms with Gasteiger partial charge in [0.1, 0.15) is 11.5 Å². The Morgan fingerprint density at radius 2 is 2.04 bits per heavy atom. The molecular formula is C20H24N2O3S. The number of nitrogens with one attached hydrogen (secondary N) is 2. The van der Waals surface area contributed by atoms with Crippen LogP contribution in [0.5, 0.6) is 11.5 Å². The first-order valence-electron chi connectivity index (χ1n) is 8.52. The monoisotopic (exact) mass is 372 g/mol. The molecule has 0 aliphatic heterocycles. The number of ether oxygens (including phenoxy) is 1. The van der Waals surface area contributed by atoms with E-state index in [1.807, 2.05) is 37.3 Å². The maximum Gasteiger partial charge on any atom is 0.264 e. The quantitative estimate of drug-likeness (QED) is 0.526. The number of hydrogen-bond acceptors (Lipinski definition) is 4. The molecule has 0 bridgehead atoms. The molecule has 0 fully saturated rings. The smallest absolute Gasteiger partial charge is 0.264 e. The van der Waals surface area contributed by atoms with Crippen LogP contribution in [0.3, 0.4) is 0 Å². The van der Waals surface area contributed by atoms with Crippen molar-refractivity contribution >= 4 is 28.9 Å². The molecule has 0 heterocycles. The highest BCUT2D eigenvalue weighted by Gasteiger charge is 2.11. The number of carbonyl (C=O) groups excluding carboxylic acids is 1. The van der Waals surface area contributed by atoms with E-state index in [1.54, 1.807) is 12.1 Å². The number of phenols is 1. The van der Waals surface area contributed by atoms with Crippen LogP contribution in [0.1, 0.15) is 37.3 Å². The molecule has 2 aromatic rings. The molecule has 0 saturated heterocycles. The van der Waals surface area contributed by atoms with Gasteiger partial charge in [-0.1, -0.05) is 32.0 Å². The van der Waals surface area contributed by atoms with E-state index in [1.165, 1.54) is 0 Å². The fraction of sp³-hybridized carbons (Fsp3) is 0.300. The van der Waals surface area contributed by atoms with Gasteiger partial charge in [-0.3, -0.25) is 10.1 Å². The van der Waals surface area contributed by atoms with Crippen LogP contribution in [-0.4, -0.2) is 22.7 Å². The topological polar surface area (TPSA) is 70.6 Å². The van der Waals surface area contributed by atoms with Gasteiger partial charge in [-0.15, -0.1) is 0 Å². The van der Waals surface area contributed by atoms with Crippen molar-refractivity contribution in [3.63, 3.8) is 0 Å². The van der Waals surface area contributed by atoms with E-state index >= 15 is 0 Å². The summed E-state index contributed by atoms with van der Waals surface area (Å²) >= 11 is 5.15. The Balaban J connectivity index is 1.90. The van der Waals surface area contributed by atoms with E-state index in [-0.39, 0.29) is 23.4 Å². The molecule has 6 heteroatoms. The highest BCUT2D eigenvalue weighted by Crippen LogP contribution is 2.28. The molecule has 2 rings (SSSR count). The number of rotatable bonds is 6. The Morgan fingerprint density at radius 3 is 2.73 bits per heavy atom. The molecule has 0 aromatic heterocycles. The third kappa shape index (κ3) is 5.74. The van der Waals surface area contributed by atoms with Gasteiger partial charge in [-0.2, -0.15) is 0 Å². The van der Waals surface area contributed by atoms with Crippen molar-refractivity contribution < 1.29 is 14.6 Å². The van der Waals surface area contributed by atoms with Gasteiger partial charge in [-0.25, -0.2) is 0 Å². The lowest BCUT2D eigenvalue weighted by atomic mass is 9.98. The number of aromatic hydroxyl groups is 1. The first-order valence-corrected chi connectivity index (χ1v) is 8.93. The summed E-state index contributed by atoms with van der Waals surface area (Å²) < 4.78 is 5.44. The van der Waals surface area contributed by atoms with Crippen LogP contribution in [-0.2, 0) is 4.79 Å². The number of carbonyl (C=O) groups is 1. The lowest BCUT2D eigenvalue weighted by molar-refractivity contribution is -0.121. The van der Waals surface area contributed by atoms with E-state index < -0.39 is 0 Å². The lowest BCUT2D eigenvalue weighted by Crippen LogP contribution is -2.37. The summed E-state index contributed by atoms with van der Waals surface area (Å²) in [5.41, 5.74) is 2.61. The summed E-state index contributed by atoms with van der Waals surface area (Å²) in [5, 5.41) is 15.5. The minimum absolute atomic E-state index is 0.0738. The highest BCUT2D eigenvalue weighted by molar-refractivity contribution is 7.80. The van der Waals surface area contributed by atoms with Gasteiger partial charge in [0.25, 0.3) is 5.91 Å². The van der Waals surface area contributed by atoms with Gasteiger partial charge >= 0.3 is 0 Å².